The molecule has 1 fully saturated rings. The second kappa shape index (κ2) is 4.77. The Morgan fingerprint density at radius 2 is 2.25 bits per heavy atom. The molecule has 1 aliphatic rings. The second-order valence-electron chi connectivity index (χ2n) is 2.52. The van der Waals surface area contributed by atoms with Crippen molar-refractivity contribution in [2.75, 3.05) is 23.9 Å². The maximum Gasteiger partial charge on any atom is 0.103 e. The summed E-state index contributed by atoms with van der Waals surface area (Å²) < 4.78 is 27.3. The van der Waals surface area contributed by atoms with Crippen LogP contribution < -0.4 is 0 Å². The second-order valence-corrected chi connectivity index (χ2v) is 5.98. The first-order valence-electron chi connectivity index (χ1n) is 3.68. The summed E-state index contributed by atoms with van der Waals surface area (Å²) in [5.41, 5.74) is 0. The third kappa shape index (κ3) is 2.71. The molecule has 3 atom stereocenters. The van der Waals surface area contributed by atoms with Gasteiger partial charge in [0.2, 0.25) is 0 Å². The Morgan fingerprint density at radius 1 is 1.50 bits per heavy atom. The quantitative estimate of drug-likeness (QED) is 0.614. The smallest absolute Gasteiger partial charge is 0.103 e. The minimum absolute atomic E-state index is 0.0717. The van der Waals surface area contributed by atoms with Gasteiger partial charge >= 0.3 is 0 Å². The van der Waals surface area contributed by atoms with Crippen molar-refractivity contribution < 1.29 is 13.2 Å². The van der Waals surface area contributed by atoms with Gasteiger partial charge in [-0.1, -0.05) is 6.58 Å². The topological polar surface area (TPSA) is 43.4 Å². The van der Waals surface area contributed by atoms with Gasteiger partial charge in [-0.05, 0) is 0 Å². The molecule has 0 aromatic rings. The molecule has 0 N–H and O–H groups in total. The summed E-state index contributed by atoms with van der Waals surface area (Å²) in [7, 11) is -1.67. The summed E-state index contributed by atoms with van der Waals surface area (Å²) in [4.78, 5) is 0. The average Bonchev–Trinajstić information content (AvgIpc) is 2.07. The molecular formula is C7H12O3S2. The molecule has 0 radical (unpaired) electrons. The molecule has 0 bridgehead atoms. The van der Waals surface area contributed by atoms with Crippen LogP contribution in [-0.2, 0) is 26.3 Å². The van der Waals surface area contributed by atoms with Gasteiger partial charge in [-0.25, -0.2) is 0 Å². The first-order chi connectivity index (χ1) is 5.74. The highest BCUT2D eigenvalue weighted by atomic mass is 32.2. The molecule has 1 saturated heterocycles. The van der Waals surface area contributed by atoms with E-state index in [1.54, 1.807) is 0 Å². The predicted molar refractivity (Wildman–Crippen MR) is 50.8 cm³/mol. The number of hydrogen-bond donors (Lipinski definition) is 0. The predicted octanol–water partition coefficient (Wildman–Crippen LogP) is 0.0261. The Morgan fingerprint density at radius 3 is 2.92 bits per heavy atom. The lowest BCUT2D eigenvalue weighted by Gasteiger charge is -2.19. The minimum Gasteiger partial charge on any atom is -0.501 e. The van der Waals surface area contributed by atoms with E-state index < -0.39 is 21.6 Å². The molecule has 0 aliphatic carbocycles. The van der Waals surface area contributed by atoms with Crippen LogP contribution in [0.4, 0.5) is 0 Å². The zero-order valence-corrected chi connectivity index (χ0v) is 8.36. The lowest BCUT2D eigenvalue weighted by Crippen LogP contribution is -2.36. The number of ether oxygens (including phenoxy) is 1. The van der Waals surface area contributed by atoms with Crippen LogP contribution in [0.2, 0.25) is 0 Å². The Bertz CT molecular complexity index is 215. The summed E-state index contributed by atoms with van der Waals surface area (Å²) >= 11 is 0. The molecule has 0 amide bonds. The third-order valence-corrected chi connectivity index (χ3v) is 5.21. The molecule has 0 aromatic carbocycles. The Balaban J connectivity index is 2.43. The van der Waals surface area contributed by atoms with Gasteiger partial charge in [0.25, 0.3) is 0 Å². The summed E-state index contributed by atoms with van der Waals surface area (Å²) in [5.74, 6) is 1.61. The average molecular weight is 208 g/mol. The molecule has 0 saturated carbocycles. The molecule has 0 aromatic heterocycles. The first kappa shape index (κ1) is 9.92. The molecule has 1 rings (SSSR count). The molecule has 1 aliphatic heterocycles. The lowest BCUT2D eigenvalue weighted by molar-refractivity contribution is 0.254. The van der Waals surface area contributed by atoms with Gasteiger partial charge in [-0.15, -0.1) is 0 Å². The minimum atomic E-state index is -0.866. The van der Waals surface area contributed by atoms with E-state index in [0.29, 0.717) is 23.9 Å². The Kier molecular flexibility index (Phi) is 3.94. The largest absolute Gasteiger partial charge is 0.501 e. The van der Waals surface area contributed by atoms with E-state index in [0.717, 1.165) is 0 Å². The van der Waals surface area contributed by atoms with E-state index >= 15 is 0 Å². The molecule has 1 heterocycles. The standard InChI is InChI=1S/C7H12O3S2/c1-2-10-5-7-6-11(8)3-4-12(7)9/h2,7H,1,3-6H2. The van der Waals surface area contributed by atoms with Crippen LogP contribution in [-0.4, -0.2) is 37.5 Å². The van der Waals surface area contributed by atoms with Crippen LogP contribution in [0, 0.1) is 0 Å². The SMILES string of the molecule is C=COCC1CS(=O)CCS1=O. The van der Waals surface area contributed by atoms with Crippen LogP contribution in [0.25, 0.3) is 0 Å². The molecule has 5 heteroatoms. The van der Waals surface area contributed by atoms with Gasteiger partial charge in [-0.2, -0.15) is 0 Å². The summed E-state index contributed by atoms with van der Waals surface area (Å²) in [5, 5.41) is -0.0717. The summed E-state index contributed by atoms with van der Waals surface area (Å²) in [6.07, 6.45) is 1.33. The van der Waals surface area contributed by atoms with E-state index in [2.05, 4.69) is 6.58 Å². The van der Waals surface area contributed by atoms with Crippen molar-refractivity contribution >= 4 is 21.6 Å². The van der Waals surface area contributed by atoms with Crippen LogP contribution in [0.1, 0.15) is 0 Å². The molecule has 12 heavy (non-hydrogen) atoms. The van der Waals surface area contributed by atoms with E-state index in [1.807, 2.05) is 0 Å². The van der Waals surface area contributed by atoms with Crippen molar-refractivity contribution in [2.45, 2.75) is 5.25 Å². The van der Waals surface area contributed by atoms with Crippen molar-refractivity contribution in [3.8, 4) is 0 Å². The van der Waals surface area contributed by atoms with Crippen molar-refractivity contribution in [2.24, 2.45) is 0 Å². The zero-order valence-electron chi connectivity index (χ0n) is 6.73. The van der Waals surface area contributed by atoms with Crippen LogP contribution in [0.5, 0.6) is 0 Å². The fourth-order valence-electron chi connectivity index (χ4n) is 1.01. The fraction of sp³-hybridized carbons (Fsp3) is 0.714. The van der Waals surface area contributed by atoms with Crippen LogP contribution in [0.15, 0.2) is 12.8 Å². The molecular weight excluding hydrogens is 196 g/mol. The van der Waals surface area contributed by atoms with Crippen molar-refractivity contribution in [1.29, 1.82) is 0 Å². The van der Waals surface area contributed by atoms with Gasteiger partial charge in [0.1, 0.15) is 6.61 Å². The maximum atomic E-state index is 11.3. The van der Waals surface area contributed by atoms with Gasteiger partial charge in [0, 0.05) is 38.9 Å². The highest BCUT2D eigenvalue weighted by molar-refractivity contribution is 7.92. The third-order valence-electron chi connectivity index (χ3n) is 1.66. The van der Waals surface area contributed by atoms with Crippen LogP contribution >= 0.6 is 0 Å². The summed E-state index contributed by atoms with van der Waals surface area (Å²) in [6.45, 7) is 3.77. The molecule has 3 unspecified atom stereocenters. The molecule has 70 valence electrons. The van der Waals surface area contributed by atoms with Gasteiger partial charge in [0.05, 0.1) is 11.5 Å². The van der Waals surface area contributed by atoms with Crippen molar-refractivity contribution in [3.63, 3.8) is 0 Å². The first-order valence-corrected chi connectivity index (χ1v) is 6.55. The van der Waals surface area contributed by atoms with Gasteiger partial charge in [0.15, 0.2) is 0 Å². The van der Waals surface area contributed by atoms with E-state index in [4.69, 9.17) is 4.74 Å². The maximum absolute atomic E-state index is 11.3. The Hall–Kier alpha value is -0.160. The molecule has 0 spiro atoms. The Labute approximate surface area is 77.1 Å². The van der Waals surface area contributed by atoms with Gasteiger partial charge in [-0.3, -0.25) is 8.42 Å². The lowest BCUT2D eigenvalue weighted by atomic mass is 10.5. The number of rotatable bonds is 3. The summed E-state index contributed by atoms with van der Waals surface area (Å²) in [6, 6.07) is 0. The molecule has 3 nitrogen and oxygen atoms in total. The number of hydrogen-bond acceptors (Lipinski definition) is 3. The van der Waals surface area contributed by atoms with Crippen LogP contribution in [0.3, 0.4) is 0 Å². The zero-order chi connectivity index (χ0) is 8.97. The highest BCUT2D eigenvalue weighted by Crippen LogP contribution is 2.08. The monoisotopic (exact) mass is 208 g/mol. The van der Waals surface area contributed by atoms with E-state index in [9.17, 15) is 8.42 Å². The van der Waals surface area contributed by atoms with Gasteiger partial charge < -0.3 is 4.74 Å². The fourth-order valence-corrected chi connectivity index (χ4v) is 4.71. The van der Waals surface area contributed by atoms with Crippen molar-refractivity contribution in [3.05, 3.63) is 12.8 Å². The highest BCUT2D eigenvalue weighted by Gasteiger charge is 2.25. The van der Waals surface area contributed by atoms with E-state index in [1.165, 1.54) is 6.26 Å². The normalized spacial score (nSPS) is 35.8. The van der Waals surface area contributed by atoms with E-state index in [-0.39, 0.29) is 5.25 Å². The van der Waals surface area contributed by atoms with Crippen molar-refractivity contribution in [1.82, 2.24) is 0 Å².